The monoisotopic (exact) mass is 458 g/mol. The van der Waals surface area contributed by atoms with Crippen molar-refractivity contribution in [2.45, 2.75) is 51.9 Å². The van der Waals surface area contributed by atoms with Crippen molar-refractivity contribution < 1.29 is 14.1 Å². The van der Waals surface area contributed by atoms with Crippen molar-refractivity contribution in [3.8, 4) is 11.4 Å². The zero-order valence-electron chi connectivity index (χ0n) is 18.6. The van der Waals surface area contributed by atoms with E-state index in [4.69, 9.17) is 16.1 Å². The number of aromatic nitrogens is 2. The molecule has 2 aliphatic heterocycles. The third-order valence-electron chi connectivity index (χ3n) is 6.52. The fourth-order valence-electron chi connectivity index (χ4n) is 4.65. The number of carbonyl (C=O) groups is 2. The Hall–Kier alpha value is -2.41. The largest absolute Gasteiger partial charge is 0.343 e. The Balaban J connectivity index is 1.19. The molecule has 1 aromatic heterocycles. The highest BCUT2D eigenvalue weighted by molar-refractivity contribution is 6.30. The molecule has 2 amide bonds. The summed E-state index contributed by atoms with van der Waals surface area (Å²) in [5.41, 5.74) is 0.844. The van der Waals surface area contributed by atoms with E-state index in [1.165, 1.54) is 6.42 Å². The van der Waals surface area contributed by atoms with E-state index in [1.807, 2.05) is 21.9 Å². The smallest absolute Gasteiger partial charge is 0.226 e. The molecule has 1 aromatic carbocycles. The van der Waals surface area contributed by atoms with E-state index in [9.17, 15) is 9.59 Å². The molecule has 0 bridgehead atoms. The SMILES string of the molecule is CC1CCCN(C(=O)C2CCN(C(=O)CCCc3nc(-c4ccc(Cl)cc4)no3)CC2)C1. The molecule has 2 fully saturated rings. The highest BCUT2D eigenvalue weighted by Gasteiger charge is 2.31. The molecule has 2 aromatic rings. The van der Waals surface area contributed by atoms with Crippen LogP contribution in [0.25, 0.3) is 11.4 Å². The van der Waals surface area contributed by atoms with Gasteiger partial charge in [0.25, 0.3) is 0 Å². The Labute approximate surface area is 194 Å². The van der Waals surface area contributed by atoms with E-state index >= 15 is 0 Å². The van der Waals surface area contributed by atoms with Crippen LogP contribution in [-0.4, -0.2) is 57.9 Å². The normalized spacial score (nSPS) is 19.9. The second-order valence-electron chi connectivity index (χ2n) is 9.06. The zero-order valence-corrected chi connectivity index (χ0v) is 19.4. The molecule has 1 atom stereocenters. The van der Waals surface area contributed by atoms with Crippen molar-refractivity contribution in [2.75, 3.05) is 26.2 Å². The highest BCUT2D eigenvalue weighted by Crippen LogP contribution is 2.24. The Kier molecular flexibility index (Phi) is 7.45. The van der Waals surface area contributed by atoms with Gasteiger partial charge in [0, 0.05) is 55.5 Å². The lowest BCUT2D eigenvalue weighted by Crippen LogP contribution is -2.46. The third kappa shape index (κ3) is 5.68. The first-order chi connectivity index (χ1) is 15.5. The van der Waals surface area contributed by atoms with Crippen LogP contribution in [0.1, 0.15) is 51.3 Å². The van der Waals surface area contributed by atoms with Crippen LogP contribution >= 0.6 is 11.6 Å². The summed E-state index contributed by atoms with van der Waals surface area (Å²) in [4.78, 5) is 33.8. The van der Waals surface area contributed by atoms with Crippen molar-refractivity contribution in [2.24, 2.45) is 11.8 Å². The highest BCUT2D eigenvalue weighted by atomic mass is 35.5. The summed E-state index contributed by atoms with van der Waals surface area (Å²) in [6.45, 7) is 5.32. The molecule has 0 radical (unpaired) electrons. The number of rotatable bonds is 6. The van der Waals surface area contributed by atoms with Gasteiger partial charge in [0.05, 0.1) is 0 Å². The minimum atomic E-state index is 0.0639. The van der Waals surface area contributed by atoms with Gasteiger partial charge in [-0.25, -0.2) is 0 Å². The maximum absolute atomic E-state index is 12.8. The van der Waals surface area contributed by atoms with Gasteiger partial charge in [0.2, 0.25) is 23.5 Å². The van der Waals surface area contributed by atoms with E-state index in [0.717, 1.165) is 37.9 Å². The van der Waals surface area contributed by atoms with Gasteiger partial charge in [0.1, 0.15) is 0 Å². The number of nitrogens with zero attached hydrogens (tertiary/aromatic N) is 4. The number of piperidine rings is 2. The van der Waals surface area contributed by atoms with Crippen LogP contribution in [0.15, 0.2) is 28.8 Å². The number of hydrogen-bond acceptors (Lipinski definition) is 5. The van der Waals surface area contributed by atoms with Crippen LogP contribution in [-0.2, 0) is 16.0 Å². The summed E-state index contributed by atoms with van der Waals surface area (Å²) >= 11 is 5.91. The van der Waals surface area contributed by atoms with E-state index in [2.05, 4.69) is 17.1 Å². The predicted octanol–water partition coefficient (Wildman–Crippen LogP) is 4.21. The fraction of sp³-hybridized carbons (Fsp3) is 0.583. The van der Waals surface area contributed by atoms with Crippen molar-refractivity contribution in [3.63, 3.8) is 0 Å². The lowest BCUT2D eigenvalue weighted by atomic mass is 9.92. The summed E-state index contributed by atoms with van der Waals surface area (Å²) in [5, 5.41) is 4.67. The van der Waals surface area contributed by atoms with Gasteiger partial charge in [-0.3, -0.25) is 9.59 Å². The number of benzene rings is 1. The van der Waals surface area contributed by atoms with Gasteiger partial charge < -0.3 is 14.3 Å². The fourth-order valence-corrected chi connectivity index (χ4v) is 4.77. The molecule has 0 spiro atoms. The van der Waals surface area contributed by atoms with Crippen molar-refractivity contribution in [1.82, 2.24) is 19.9 Å². The Morgan fingerprint density at radius 1 is 1.09 bits per heavy atom. The lowest BCUT2D eigenvalue weighted by Gasteiger charge is -2.37. The molecule has 172 valence electrons. The van der Waals surface area contributed by atoms with Gasteiger partial charge in [-0.05, 0) is 62.3 Å². The van der Waals surface area contributed by atoms with Crippen LogP contribution in [0.5, 0.6) is 0 Å². The van der Waals surface area contributed by atoms with Crippen LogP contribution in [0.4, 0.5) is 0 Å². The minimum Gasteiger partial charge on any atom is -0.343 e. The molecule has 1 unspecified atom stereocenters. The van der Waals surface area contributed by atoms with Crippen LogP contribution < -0.4 is 0 Å². The average molecular weight is 459 g/mol. The second-order valence-corrected chi connectivity index (χ2v) is 9.50. The summed E-state index contributed by atoms with van der Waals surface area (Å²) in [6, 6.07) is 7.27. The molecule has 3 heterocycles. The standard InChI is InChI=1S/C24H31ClN4O3/c1-17-4-3-13-29(16-17)24(31)19-11-14-28(15-12-19)22(30)6-2-5-21-26-23(27-32-21)18-7-9-20(25)10-8-18/h7-10,17,19H,2-6,11-16H2,1H3. The topological polar surface area (TPSA) is 79.5 Å². The molecule has 2 saturated heterocycles. The van der Waals surface area contributed by atoms with Crippen molar-refractivity contribution in [1.29, 1.82) is 0 Å². The van der Waals surface area contributed by atoms with Crippen molar-refractivity contribution >= 4 is 23.4 Å². The van der Waals surface area contributed by atoms with Gasteiger partial charge in [-0.2, -0.15) is 4.98 Å². The van der Waals surface area contributed by atoms with Crippen molar-refractivity contribution in [3.05, 3.63) is 35.2 Å². The summed E-state index contributed by atoms with van der Waals surface area (Å²) in [6.07, 6.45) is 5.52. The molecule has 0 N–H and O–H groups in total. The van der Waals surface area contributed by atoms with Crippen LogP contribution in [0, 0.1) is 11.8 Å². The maximum atomic E-state index is 12.8. The van der Waals surface area contributed by atoms with E-state index < -0.39 is 0 Å². The molecule has 0 aliphatic carbocycles. The first-order valence-electron chi connectivity index (χ1n) is 11.6. The van der Waals surface area contributed by atoms with Gasteiger partial charge >= 0.3 is 0 Å². The summed E-state index contributed by atoms with van der Waals surface area (Å²) < 4.78 is 5.32. The van der Waals surface area contributed by atoms with Gasteiger partial charge in [-0.1, -0.05) is 23.7 Å². The Morgan fingerprint density at radius 2 is 1.84 bits per heavy atom. The number of halogens is 1. The molecule has 7 nitrogen and oxygen atoms in total. The number of carbonyl (C=O) groups excluding carboxylic acids is 2. The average Bonchev–Trinajstić information content (AvgIpc) is 3.28. The Morgan fingerprint density at radius 3 is 2.56 bits per heavy atom. The first kappa shape index (κ1) is 22.8. The number of amides is 2. The Bertz CT molecular complexity index is 922. The van der Waals surface area contributed by atoms with Gasteiger partial charge in [-0.15, -0.1) is 0 Å². The quantitative estimate of drug-likeness (QED) is 0.647. The minimum absolute atomic E-state index is 0.0639. The summed E-state index contributed by atoms with van der Waals surface area (Å²) in [5.74, 6) is 2.14. The lowest BCUT2D eigenvalue weighted by molar-refractivity contribution is -0.142. The van der Waals surface area contributed by atoms with E-state index in [0.29, 0.717) is 55.0 Å². The molecule has 8 heteroatoms. The second kappa shape index (κ2) is 10.5. The predicted molar refractivity (Wildman–Crippen MR) is 122 cm³/mol. The molecule has 0 saturated carbocycles. The molecular weight excluding hydrogens is 428 g/mol. The zero-order chi connectivity index (χ0) is 22.5. The molecule has 2 aliphatic rings. The number of hydrogen-bond donors (Lipinski definition) is 0. The maximum Gasteiger partial charge on any atom is 0.226 e. The van der Waals surface area contributed by atoms with Crippen LogP contribution in [0.3, 0.4) is 0 Å². The molecular formula is C24H31ClN4O3. The molecule has 4 rings (SSSR count). The molecule has 32 heavy (non-hydrogen) atoms. The van der Waals surface area contributed by atoms with E-state index in [1.54, 1.807) is 12.1 Å². The van der Waals surface area contributed by atoms with E-state index in [-0.39, 0.29) is 17.7 Å². The summed E-state index contributed by atoms with van der Waals surface area (Å²) in [7, 11) is 0. The number of aryl methyl sites for hydroxylation is 1. The number of likely N-dealkylation sites (tertiary alicyclic amines) is 2. The first-order valence-corrected chi connectivity index (χ1v) is 12.0. The van der Waals surface area contributed by atoms with Gasteiger partial charge in [0.15, 0.2) is 0 Å². The third-order valence-corrected chi connectivity index (χ3v) is 6.77. The van der Waals surface area contributed by atoms with Crippen LogP contribution in [0.2, 0.25) is 5.02 Å².